The van der Waals surface area contributed by atoms with Crippen molar-refractivity contribution in [3.8, 4) is 11.5 Å². The Bertz CT molecular complexity index is 689. The number of rotatable bonds is 8. The fourth-order valence-electron chi connectivity index (χ4n) is 3.42. The van der Waals surface area contributed by atoms with Gasteiger partial charge < -0.3 is 14.6 Å². The van der Waals surface area contributed by atoms with Crippen molar-refractivity contribution < 1.29 is 14.6 Å². The molecule has 2 aromatic rings. The second-order valence-corrected chi connectivity index (χ2v) is 6.88. The molecule has 4 heteroatoms. The van der Waals surface area contributed by atoms with Crippen LogP contribution in [0.15, 0.2) is 48.5 Å². The van der Waals surface area contributed by atoms with Gasteiger partial charge in [-0.2, -0.15) is 0 Å². The van der Waals surface area contributed by atoms with Crippen molar-refractivity contribution in [3.05, 3.63) is 59.7 Å². The number of aliphatic hydroxyl groups excluding tert-OH is 1. The number of unbranched alkanes of at least 4 members (excludes halogenated alkanes) is 1. The van der Waals surface area contributed by atoms with Crippen LogP contribution in [-0.2, 0) is 13.1 Å². The number of fused-ring (bicyclic) bond motifs is 1. The summed E-state index contributed by atoms with van der Waals surface area (Å²) in [5.74, 6) is 1.83. The van der Waals surface area contributed by atoms with Crippen LogP contribution in [0.2, 0.25) is 0 Å². The van der Waals surface area contributed by atoms with Crippen molar-refractivity contribution in [2.75, 3.05) is 19.8 Å². The molecular formula is C22H29NO3. The number of hydrogen-bond acceptors (Lipinski definition) is 4. The van der Waals surface area contributed by atoms with Crippen LogP contribution in [0.1, 0.15) is 37.3 Å². The third-order valence-electron chi connectivity index (χ3n) is 4.67. The van der Waals surface area contributed by atoms with Crippen molar-refractivity contribution >= 4 is 0 Å². The Labute approximate surface area is 156 Å². The fraction of sp³-hybridized carbons (Fsp3) is 0.455. The van der Waals surface area contributed by atoms with Gasteiger partial charge in [0.2, 0.25) is 0 Å². The summed E-state index contributed by atoms with van der Waals surface area (Å²) in [5, 5.41) is 8.94. The minimum absolute atomic E-state index is 0.0313. The van der Waals surface area contributed by atoms with E-state index in [1.807, 2.05) is 18.2 Å². The first-order chi connectivity index (χ1) is 12.8. The molecule has 3 rings (SSSR count). The zero-order chi connectivity index (χ0) is 18.2. The lowest BCUT2D eigenvalue weighted by molar-refractivity contribution is 0.133. The van der Waals surface area contributed by atoms with Gasteiger partial charge in [0.05, 0.1) is 6.61 Å². The molecule has 0 bridgehead atoms. The molecule has 1 atom stereocenters. The van der Waals surface area contributed by atoms with Crippen LogP contribution in [0.4, 0.5) is 0 Å². The van der Waals surface area contributed by atoms with Gasteiger partial charge in [0, 0.05) is 25.2 Å². The molecule has 2 aromatic carbocycles. The lowest BCUT2D eigenvalue weighted by Crippen LogP contribution is -2.32. The van der Waals surface area contributed by atoms with Crippen LogP contribution in [0.25, 0.3) is 0 Å². The number of ether oxygens (including phenoxy) is 2. The van der Waals surface area contributed by atoms with E-state index in [0.29, 0.717) is 6.61 Å². The Balaban J connectivity index is 1.73. The molecular weight excluding hydrogens is 326 g/mol. The Morgan fingerprint density at radius 1 is 1.19 bits per heavy atom. The standard InChI is InChI=1S/C22H29NO3/c1-2-3-9-21-17-23(16-19-8-4-5-11-22(19)26-21)15-18-7-6-10-20(14-18)25-13-12-24/h4-8,10-11,14,21,24H,2-3,9,12-13,15-17H2,1H3/t21-/m0/s1. The first-order valence-corrected chi connectivity index (χ1v) is 9.58. The molecule has 1 heterocycles. The van der Waals surface area contributed by atoms with Gasteiger partial charge in [0.1, 0.15) is 24.2 Å². The summed E-state index contributed by atoms with van der Waals surface area (Å²) in [6.07, 6.45) is 3.69. The molecule has 1 N–H and O–H groups in total. The molecule has 0 radical (unpaired) electrons. The minimum atomic E-state index is 0.0313. The number of hydrogen-bond donors (Lipinski definition) is 1. The molecule has 1 aliphatic heterocycles. The van der Waals surface area contributed by atoms with Gasteiger partial charge in [0.15, 0.2) is 0 Å². The molecule has 0 saturated carbocycles. The predicted octanol–water partition coefficient (Wildman–Crippen LogP) is 4.01. The predicted molar refractivity (Wildman–Crippen MR) is 104 cm³/mol. The maximum atomic E-state index is 8.94. The van der Waals surface area contributed by atoms with E-state index >= 15 is 0 Å². The average molecular weight is 355 g/mol. The van der Waals surface area contributed by atoms with Crippen LogP contribution < -0.4 is 9.47 Å². The van der Waals surface area contributed by atoms with Crippen molar-refractivity contribution in [1.82, 2.24) is 4.90 Å². The van der Waals surface area contributed by atoms with E-state index in [2.05, 4.69) is 42.2 Å². The number of para-hydroxylation sites is 1. The molecule has 0 aliphatic carbocycles. The summed E-state index contributed by atoms with van der Waals surface area (Å²) in [5.41, 5.74) is 2.47. The van der Waals surface area contributed by atoms with Crippen LogP contribution >= 0.6 is 0 Å². The monoisotopic (exact) mass is 355 g/mol. The largest absolute Gasteiger partial charge is 0.491 e. The first-order valence-electron chi connectivity index (χ1n) is 9.58. The zero-order valence-corrected chi connectivity index (χ0v) is 15.6. The smallest absolute Gasteiger partial charge is 0.124 e. The summed E-state index contributed by atoms with van der Waals surface area (Å²) < 4.78 is 11.9. The lowest BCUT2D eigenvalue weighted by atomic mass is 10.1. The quantitative estimate of drug-likeness (QED) is 0.777. The average Bonchev–Trinajstić information content (AvgIpc) is 2.83. The SMILES string of the molecule is CCCC[C@H]1CN(Cc2cccc(OCCO)c2)Cc2ccccc2O1. The normalized spacial score (nSPS) is 17.2. The molecule has 1 aliphatic rings. The van der Waals surface area contributed by atoms with Crippen molar-refractivity contribution in [2.45, 2.75) is 45.4 Å². The minimum Gasteiger partial charge on any atom is -0.491 e. The lowest BCUT2D eigenvalue weighted by Gasteiger charge is -2.24. The molecule has 0 fully saturated rings. The fourth-order valence-corrected chi connectivity index (χ4v) is 3.42. The number of aliphatic hydroxyl groups is 1. The van der Waals surface area contributed by atoms with Gasteiger partial charge in [-0.3, -0.25) is 4.90 Å². The highest BCUT2D eigenvalue weighted by atomic mass is 16.5. The van der Waals surface area contributed by atoms with E-state index in [-0.39, 0.29) is 12.7 Å². The third kappa shape index (κ3) is 5.23. The van der Waals surface area contributed by atoms with E-state index in [4.69, 9.17) is 14.6 Å². The topological polar surface area (TPSA) is 41.9 Å². The van der Waals surface area contributed by atoms with E-state index in [9.17, 15) is 0 Å². The summed E-state index contributed by atoms with van der Waals surface area (Å²) in [6.45, 7) is 5.25. The van der Waals surface area contributed by atoms with E-state index in [0.717, 1.165) is 37.6 Å². The summed E-state index contributed by atoms with van der Waals surface area (Å²) in [7, 11) is 0. The highest BCUT2D eigenvalue weighted by Crippen LogP contribution is 2.27. The molecule has 0 aromatic heterocycles. The second-order valence-electron chi connectivity index (χ2n) is 6.88. The molecule has 0 amide bonds. The molecule has 0 spiro atoms. The van der Waals surface area contributed by atoms with Crippen molar-refractivity contribution in [1.29, 1.82) is 0 Å². The Morgan fingerprint density at radius 3 is 2.92 bits per heavy atom. The van der Waals surface area contributed by atoms with Gasteiger partial charge in [-0.1, -0.05) is 43.7 Å². The first kappa shape index (κ1) is 18.7. The van der Waals surface area contributed by atoms with Gasteiger partial charge in [0.25, 0.3) is 0 Å². The van der Waals surface area contributed by atoms with Gasteiger partial charge in [-0.05, 0) is 36.6 Å². The molecule has 26 heavy (non-hydrogen) atoms. The van der Waals surface area contributed by atoms with E-state index in [1.54, 1.807) is 0 Å². The molecule has 140 valence electrons. The van der Waals surface area contributed by atoms with Gasteiger partial charge >= 0.3 is 0 Å². The maximum absolute atomic E-state index is 8.94. The van der Waals surface area contributed by atoms with Crippen LogP contribution in [0.5, 0.6) is 11.5 Å². The van der Waals surface area contributed by atoms with E-state index < -0.39 is 0 Å². The maximum Gasteiger partial charge on any atom is 0.124 e. The Kier molecular flexibility index (Phi) is 6.92. The third-order valence-corrected chi connectivity index (χ3v) is 4.67. The van der Waals surface area contributed by atoms with Gasteiger partial charge in [-0.15, -0.1) is 0 Å². The summed E-state index contributed by atoms with van der Waals surface area (Å²) >= 11 is 0. The summed E-state index contributed by atoms with van der Waals surface area (Å²) in [6, 6.07) is 16.5. The Hall–Kier alpha value is -2.04. The zero-order valence-electron chi connectivity index (χ0n) is 15.6. The van der Waals surface area contributed by atoms with Crippen LogP contribution in [0.3, 0.4) is 0 Å². The highest BCUT2D eigenvalue weighted by Gasteiger charge is 2.22. The highest BCUT2D eigenvalue weighted by molar-refractivity contribution is 5.34. The summed E-state index contributed by atoms with van der Waals surface area (Å²) in [4.78, 5) is 2.46. The molecule has 0 saturated heterocycles. The number of benzene rings is 2. The second kappa shape index (κ2) is 9.60. The van der Waals surface area contributed by atoms with Gasteiger partial charge in [-0.25, -0.2) is 0 Å². The molecule has 0 unspecified atom stereocenters. The van der Waals surface area contributed by atoms with Crippen LogP contribution in [-0.4, -0.2) is 35.9 Å². The van der Waals surface area contributed by atoms with Crippen LogP contribution in [0, 0.1) is 0 Å². The molecule has 4 nitrogen and oxygen atoms in total. The van der Waals surface area contributed by atoms with Crippen molar-refractivity contribution in [3.63, 3.8) is 0 Å². The van der Waals surface area contributed by atoms with Crippen molar-refractivity contribution in [2.24, 2.45) is 0 Å². The Morgan fingerprint density at radius 2 is 2.08 bits per heavy atom. The number of nitrogens with zero attached hydrogens (tertiary/aromatic N) is 1. The van der Waals surface area contributed by atoms with E-state index in [1.165, 1.54) is 24.0 Å².